The standard InChI is InChI=1S/C15H23/c1-5-9-15-13(7-3)10-12(6-2)11-14(15)8-4/h10-11H,1,5-9H2,2-4H3. The molecule has 0 unspecified atom stereocenters. The van der Waals surface area contributed by atoms with Crippen LogP contribution in [-0.2, 0) is 25.7 Å². The van der Waals surface area contributed by atoms with Gasteiger partial charge in [0.15, 0.2) is 0 Å². The van der Waals surface area contributed by atoms with E-state index in [1.54, 1.807) is 5.56 Å². The van der Waals surface area contributed by atoms with Gasteiger partial charge in [-0.25, -0.2) is 0 Å². The predicted molar refractivity (Wildman–Crippen MR) is 68.3 cm³/mol. The lowest BCUT2D eigenvalue weighted by Gasteiger charge is -2.14. The van der Waals surface area contributed by atoms with E-state index in [2.05, 4.69) is 39.8 Å². The molecule has 0 atom stereocenters. The largest absolute Gasteiger partial charge is 0.0613 e. The average molecular weight is 203 g/mol. The molecule has 0 fully saturated rings. The molecule has 0 heteroatoms. The van der Waals surface area contributed by atoms with Crippen molar-refractivity contribution < 1.29 is 0 Å². The van der Waals surface area contributed by atoms with Gasteiger partial charge in [-0.2, -0.15) is 0 Å². The molecule has 0 nitrogen and oxygen atoms in total. The van der Waals surface area contributed by atoms with Crippen molar-refractivity contribution in [1.29, 1.82) is 0 Å². The molecule has 15 heavy (non-hydrogen) atoms. The number of benzene rings is 1. The second-order valence-electron chi connectivity index (χ2n) is 4.06. The van der Waals surface area contributed by atoms with Crippen LogP contribution in [0.1, 0.15) is 49.4 Å². The SMILES string of the molecule is [CH2]CCc1c(CC)cc(CC)cc1CC. The van der Waals surface area contributed by atoms with Crippen LogP contribution < -0.4 is 0 Å². The molecule has 1 aromatic rings. The molecule has 1 radical (unpaired) electrons. The van der Waals surface area contributed by atoms with Crippen molar-refractivity contribution in [1.82, 2.24) is 0 Å². The smallest absolute Gasteiger partial charge is 0.0273 e. The first kappa shape index (κ1) is 12.3. The summed E-state index contributed by atoms with van der Waals surface area (Å²) < 4.78 is 0. The lowest BCUT2D eigenvalue weighted by Crippen LogP contribution is -2.01. The van der Waals surface area contributed by atoms with E-state index in [4.69, 9.17) is 0 Å². The third kappa shape index (κ3) is 2.84. The molecule has 0 saturated carbocycles. The Labute approximate surface area is 94.7 Å². The van der Waals surface area contributed by atoms with Crippen LogP contribution in [0.25, 0.3) is 0 Å². The van der Waals surface area contributed by atoms with Gasteiger partial charge in [-0.05, 0) is 54.4 Å². The van der Waals surface area contributed by atoms with Crippen molar-refractivity contribution in [3.8, 4) is 0 Å². The summed E-state index contributed by atoms with van der Waals surface area (Å²) in [7, 11) is 0. The van der Waals surface area contributed by atoms with Gasteiger partial charge in [-0.3, -0.25) is 0 Å². The first-order valence-corrected chi connectivity index (χ1v) is 6.19. The van der Waals surface area contributed by atoms with Crippen LogP contribution in [-0.4, -0.2) is 0 Å². The average Bonchev–Trinajstić information content (AvgIpc) is 2.29. The molecule has 0 aliphatic carbocycles. The molecule has 1 rings (SSSR count). The number of aryl methyl sites for hydroxylation is 3. The van der Waals surface area contributed by atoms with Crippen molar-refractivity contribution in [3.05, 3.63) is 41.3 Å². The third-order valence-electron chi connectivity index (χ3n) is 3.09. The van der Waals surface area contributed by atoms with Gasteiger partial charge in [0.2, 0.25) is 0 Å². The minimum atomic E-state index is 1.01. The van der Waals surface area contributed by atoms with Crippen molar-refractivity contribution >= 4 is 0 Å². The summed E-state index contributed by atoms with van der Waals surface area (Å²) in [5, 5.41) is 0. The highest BCUT2D eigenvalue weighted by Gasteiger charge is 2.07. The monoisotopic (exact) mass is 203 g/mol. The zero-order valence-electron chi connectivity index (χ0n) is 10.4. The molecular weight excluding hydrogens is 180 g/mol. The lowest BCUT2D eigenvalue weighted by molar-refractivity contribution is 0.914. The summed E-state index contributed by atoms with van der Waals surface area (Å²) >= 11 is 0. The fraction of sp³-hybridized carbons (Fsp3) is 0.533. The van der Waals surface area contributed by atoms with Crippen LogP contribution in [0, 0.1) is 6.92 Å². The zero-order valence-corrected chi connectivity index (χ0v) is 10.4. The molecule has 83 valence electrons. The predicted octanol–water partition coefficient (Wildman–Crippen LogP) is 4.14. The van der Waals surface area contributed by atoms with Crippen LogP contribution in [0.3, 0.4) is 0 Å². The van der Waals surface area contributed by atoms with E-state index < -0.39 is 0 Å². The maximum Gasteiger partial charge on any atom is -0.0273 e. The fourth-order valence-electron chi connectivity index (χ4n) is 2.20. The molecule has 0 N–H and O–H groups in total. The van der Waals surface area contributed by atoms with E-state index in [1.807, 2.05) is 0 Å². The Morgan fingerprint density at radius 3 is 1.80 bits per heavy atom. The van der Waals surface area contributed by atoms with Gasteiger partial charge < -0.3 is 0 Å². The Kier molecular flexibility index (Phi) is 4.87. The number of hydrogen-bond donors (Lipinski definition) is 0. The Morgan fingerprint density at radius 1 is 0.933 bits per heavy atom. The fourth-order valence-corrected chi connectivity index (χ4v) is 2.20. The molecule has 0 bridgehead atoms. The molecule has 0 spiro atoms. The Balaban J connectivity index is 3.19. The van der Waals surface area contributed by atoms with E-state index >= 15 is 0 Å². The summed E-state index contributed by atoms with van der Waals surface area (Å²) in [6.45, 7) is 10.7. The molecule has 0 aliphatic rings. The Hall–Kier alpha value is -0.780. The maximum absolute atomic E-state index is 3.97. The molecule has 0 saturated heterocycles. The second kappa shape index (κ2) is 5.95. The van der Waals surface area contributed by atoms with Gasteiger partial charge in [0.1, 0.15) is 0 Å². The topological polar surface area (TPSA) is 0 Å². The highest BCUT2D eigenvalue weighted by atomic mass is 14.1. The summed E-state index contributed by atoms with van der Waals surface area (Å²) in [5.74, 6) is 0. The van der Waals surface area contributed by atoms with Crippen molar-refractivity contribution in [2.45, 2.75) is 52.9 Å². The van der Waals surface area contributed by atoms with E-state index in [0.29, 0.717) is 0 Å². The first-order valence-electron chi connectivity index (χ1n) is 6.19. The quantitative estimate of drug-likeness (QED) is 0.674. The summed E-state index contributed by atoms with van der Waals surface area (Å²) in [6, 6.07) is 4.76. The normalized spacial score (nSPS) is 10.7. The molecule has 0 aliphatic heterocycles. The molecule has 1 aromatic carbocycles. The highest BCUT2D eigenvalue weighted by Crippen LogP contribution is 2.21. The van der Waals surface area contributed by atoms with Crippen molar-refractivity contribution in [2.75, 3.05) is 0 Å². The minimum absolute atomic E-state index is 1.01. The Morgan fingerprint density at radius 2 is 1.47 bits per heavy atom. The lowest BCUT2D eigenvalue weighted by atomic mass is 9.91. The van der Waals surface area contributed by atoms with E-state index in [-0.39, 0.29) is 0 Å². The van der Waals surface area contributed by atoms with Crippen LogP contribution in [0.15, 0.2) is 12.1 Å². The number of rotatable bonds is 5. The highest BCUT2D eigenvalue weighted by molar-refractivity contribution is 5.39. The molecule has 0 aromatic heterocycles. The van der Waals surface area contributed by atoms with E-state index in [0.717, 1.165) is 32.1 Å². The van der Waals surface area contributed by atoms with Crippen LogP contribution in [0.2, 0.25) is 0 Å². The number of hydrogen-bond acceptors (Lipinski definition) is 0. The summed E-state index contributed by atoms with van der Waals surface area (Å²) in [4.78, 5) is 0. The van der Waals surface area contributed by atoms with Gasteiger partial charge in [-0.15, -0.1) is 0 Å². The van der Waals surface area contributed by atoms with Gasteiger partial charge in [0.05, 0.1) is 0 Å². The summed E-state index contributed by atoms with van der Waals surface area (Å²) in [5.41, 5.74) is 6.12. The van der Waals surface area contributed by atoms with Gasteiger partial charge in [0.25, 0.3) is 0 Å². The van der Waals surface area contributed by atoms with Gasteiger partial charge >= 0.3 is 0 Å². The minimum Gasteiger partial charge on any atom is -0.0613 e. The van der Waals surface area contributed by atoms with Gasteiger partial charge in [0, 0.05) is 0 Å². The van der Waals surface area contributed by atoms with Crippen LogP contribution in [0.5, 0.6) is 0 Å². The van der Waals surface area contributed by atoms with E-state index in [9.17, 15) is 0 Å². The second-order valence-corrected chi connectivity index (χ2v) is 4.06. The van der Waals surface area contributed by atoms with Crippen LogP contribution >= 0.6 is 0 Å². The Bertz CT molecular complexity index is 285. The van der Waals surface area contributed by atoms with Crippen molar-refractivity contribution in [2.24, 2.45) is 0 Å². The maximum atomic E-state index is 3.97. The van der Waals surface area contributed by atoms with Crippen LogP contribution in [0.4, 0.5) is 0 Å². The van der Waals surface area contributed by atoms with Crippen molar-refractivity contribution in [3.63, 3.8) is 0 Å². The first-order chi connectivity index (χ1) is 7.26. The zero-order chi connectivity index (χ0) is 11.3. The molecule has 0 amide bonds. The summed E-state index contributed by atoms with van der Waals surface area (Å²) in [6.07, 6.45) is 5.58. The molecular formula is C15H23. The third-order valence-corrected chi connectivity index (χ3v) is 3.09. The van der Waals surface area contributed by atoms with Gasteiger partial charge in [-0.1, -0.05) is 39.8 Å². The van der Waals surface area contributed by atoms with E-state index in [1.165, 1.54) is 16.7 Å². The molecule has 0 heterocycles.